The maximum Gasteiger partial charge on any atom is 0.146 e. The van der Waals surface area contributed by atoms with Crippen LogP contribution in [0.3, 0.4) is 0 Å². The van der Waals surface area contributed by atoms with E-state index in [0.29, 0.717) is 30.6 Å². The van der Waals surface area contributed by atoms with Crippen molar-refractivity contribution in [2.24, 2.45) is 0 Å². The Morgan fingerprint density at radius 3 is 2.67 bits per heavy atom. The Kier molecular flexibility index (Phi) is 5.83. The minimum atomic E-state index is 0.348. The van der Waals surface area contributed by atoms with Gasteiger partial charge in [-0.25, -0.2) is 4.52 Å². The molecule has 0 aliphatic carbocycles. The van der Waals surface area contributed by atoms with Gasteiger partial charge < -0.3 is 4.98 Å². The third-order valence-corrected chi connectivity index (χ3v) is 7.26. The second-order valence-corrected chi connectivity index (χ2v) is 9.87. The number of aromatic nitrogens is 3. The first kappa shape index (κ1) is 21.9. The van der Waals surface area contributed by atoms with Crippen molar-refractivity contribution in [3.05, 3.63) is 59.4 Å². The molecular weight excluding hydrogens is 408 g/mol. The molecule has 1 N–H and O–H groups in total. The van der Waals surface area contributed by atoms with Gasteiger partial charge in [-0.3, -0.25) is 9.69 Å². The molecule has 5 rings (SSSR count). The van der Waals surface area contributed by atoms with Crippen LogP contribution < -0.4 is 0 Å². The van der Waals surface area contributed by atoms with Crippen molar-refractivity contribution in [2.75, 3.05) is 19.6 Å². The number of fused-ring (bicyclic) bond motifs is 2. The molecule has 3 aromatic heterocycles. The van der Waals surface area contributed by atoms with Crippen molar-refractivity contribution < 1.29 is 4.79 Å². The molecule has 0 saturated carbocycles. The van der Waals surface area contributed by atoms with Gasteiger partial charge in [0.25, 0.3) is 0 Å². The summed E-state index contributed by atoms with van der Waals surface area (Å²) >= 11 is 0. The van der Waals surface area contributed by atoms with Crippen molar-refractivity contribution in [3.63, 3.8) is 0 Å². The number of H-pyrrole nitrogens is 1. The number of nitrogens with zero attached hydrogens (tertiary/aromatic N) is 3. The average molecular weight is 443 g/mol. The van der Waals surface area contributed by atoms with Crippen LogP contribution in [-0.4, -0.2) is 44.9 Å². The fraction of sp³-hybridized carbons (Fsp3) is 0.429. The molecule has 1 aliphatic heterocycles. The molecule has 1 aromatic carbocycles. The average Bonchev–Trinajstić information content (AvgIpc) is 3.44. The summed E-state index contributed by atoms with van der Waals surface area (Å²) in [5.74, 6) is 1.32. The first-order valence-electron chi connectivity index (χ1n) is 12.3. The van der Waals surface area contributed by atoms with Gasteiger partial charge in [-0.2, -0.15) is 5.10 Å². The normalized spacial score (nSPS) is 15.8. The number of Topliss-reactive ketones (excluding diaryl/α,β-unsaturated/α-hetero) is 1. The molecule has 1 aliphatic rings. The van der Waals surface area contributed by atoms with Crippen molar-refractivity contribution in [1.29, 1.82) is 0 Å². The lowest BCUT2D eigenvalue weighted by molar-refractivity contribution is -0.120. The lowest BCUT2D eigenvalue weighted by Crippen LogP contribution is -2.36. The smallest absolute Gasteiger partial charge is 0.146 e. The molecule has 0 spiro atoms. The van der Waals surface area contributed by atoms with Crippen molar-refractivity contribution in [2.45, 2.75) is 58.8 Å². The monoisotopic (exact) mass is 442 g/mol. The van der Waals surface area contributed by atoms with E-state index in [4.69, 9.17) is 0 Å². The minimum Gasteiger partial charge on any atom is -0.354 e. The Bertz CT molecular complexity index is 1300. The van der Waals surface area contributed by atoms with Crippen LogP contribution in [0.4, 0.5) is 0 Å². The number of aromatic amines is 1. The Balaban J connectivity index is 1.48. The van der Waals surface area contributed by atoms with Gasteiger partial charge in [-0.1, -0.05) is 26.8 Å². The molecule has 0 unspecified atom stereocenters. The minimum absolute atomic E-state index is 0.348. The number of hydrogen-bond donors (Lipinski definition) is 1. The Hall–Kier alpha value is -2.92. The maximum atomic E-state index is 11.8. The molecule has 0 atom stereocenters. The van der Waals surface area contributed by atoms with Gasteiger partial charge in [-0.05, 0) is 86.1 Å². The zero-order valence-corrected chi connectivity index (χ0v) is 20.2. The van der Waals surface area contributed by atoms with Gasteiger partial charge in [-0.15, -0.1) is 0 Å². The molecule has 4 heterocycles. The third kappa shape index (κ3) is 4.10. The standard InChI is InChI=1S/C28H34N4O/c1-5-24(33)17-31-12-9-20(10-13-31)21-6-7-26-25(16-21)27(18(2)3)28(30-26)22-14-19(4)32-23(15-22)8-11-29-32/h6-8,11,14-16,18,20,30H,5,9-10,12-13,17H2,1-4H3. The predicted molar refractivity (Wildman–Crippen MR) is 135 cm³/mol. The number of likely N-dealkylation sites (tertiary alicyclic amines) is 1. The van der Waals surface area contributed by atoms with E-state index in [1.165, 1.54) is 33.3 Å². The second kappa shape index (κ2) is 8.79. The quantitative estimate of drug-likeness (QED) is 0.394. The van der Waals surface area contributed by atoms with Crippen LogP contribution in [0.1, 0.15) is 68.7 Å². The summed E-state index contributed by atoms with van der Waals surface area (Å²) in [5.41, 5.74) is 8.71. The van der Waals surface area contributed by atoms with E-state index in [0.717, 1.165) is 37.1 Å². The number of carbonyl (C=O) groups is 1. The topological polar surface area (TPSA) is 53.4 Å². The highest BCUT2D eigenvalue weighted by molar-refractivity contribution is 5.92. The highest BCUT2D eigenvalue weighted by Gasteiger charge is 2.23. The lowest BCUT2D eigenvalue weighted by Gasteiger charge is -2.31. The number of benzene rings is 1. The molecular formula is C28H34N4O. The molecule has 5 heteroatoms. The highest BCUT2D eigenvalue weighted by atomic mass is 16.1. The van der Waals surface area contributed by atoms with E-state index in [-0.39, 0.29) is 0 Å². The van der Waals surface area contributed by atoms with E-state index in [2.05, 4.69) is 72.2 Å². The summed E-state index contributed by atoms with van der Waals surface area (Å²) in [4.78, 5) is 17.9. The number of nitrogens with one attached hydrogen (secondary N) is 1. The number of rotatable bonds is 6. The molecule has 1 saturated heterocycles. The van der Waals surface area contributed by atoms with Crippen molar-refractivity contribution >= 4 is 22.2 Å². The number of ketones is 1. The zero-order valence-electron chi connectivity index (χ0n) is 20.2. The van der Waals surface area contributed by atoms with E-state index in [1.807, 2.05) is 17.6 Å². The molecule has 0 bridgehead atoms. The predicted octanol–water partition coefficient (Wildman–Crippen LogP) is 6.07. The Morgan fingerprint density at radius 1 is 1.15 bits per heavy atom. The fourth-order valence-electron chi connectivity index (χ4n) is 5.45. The summed E-state index contributed by atoms with van der Waals surface area (Å²) in [6, 6.07) is 13.5. The van der Waals surface area contributed by atoms with Gasteiger partial charge in [0.05, 0.1) is 17.8 Å². The molecule has 33 heavy (non-hydrogen) atoms. The van der Waals surface area contributed by atoms with Gasteiger partial charge in [0.15, 0.2) is 0 Å². The SMILES string of the molecule is CCC(=O)CN1CCC(c2ccc3[nH]c(-c4cc(C)n5nccc5c4)c(C(C)C)c3c2)CC1. The molecule has 0 amide bonds. The lowest BCUT2D eigenvalue weighted by atomic mass is 9.87. The first-order chi connectivity index (χ1) is 15.9. The highest BCUT2D eigenvalue weighted by Crippen LogP contribution is 2.38. The fourth-order valence-corrected chi connectivity index (χ4v) is 5.45. The van der Waals surface area contributed by atoms with E-state index >= 15 is 0 Å². The van der Waals surface area contributed by atoms with Crippen LogP contribution in [-0.2, 0) is 4.79 Å². The van der Waals surface area contributed by atoms with Gasteiger partial charge in [0, 0.05) is 34.8 Å². The molecule has 5 nitrogen and oxygen atoms in total. The van der Waals surface area contributed by atoms with Gasteiger partial charge >= 0.3 is 0 Å². The summed E-state index contributed by atoms with van der Waals surface area (Å²) in [7, 11) is 0. The summed E-state index contributed by atoms with van der Waals surface area (Å²) in [6.07, 6.45) is 4.73. The zero-order chi connectivity index (χ0) is 23.1. The van der Waals surface area contributed by atoms with E-state index in [9.17, 15) is 4.79 Å². The number of pyridine rings is 1. The number of carbonyl (C=O) groups excluding carboxylic acids is 1. The third-order valence-electron chi connectivity index (χ3n) is 7.26. The van der Waals surface area contributed by atoms with E-state index in [1.54, 1.807) is 0 Å². The molecule has 0 radical (unpaired) electrons. The summed E-state index contributed by atoms with van der Waals surface area (Å²) < 4.78 is 1.99. The van der Waals surface area contributed by atoms with Gasteiger partial charge in [0.1, 0.15) is 5.78 Å². The van der Waals surface area contributed by atoms with Gasteiger partial charge in [0.2, 0.25) is 0 Å². The van der Waals surface area contributed by atoms with E-state index < -0.39 is 0 Å². The Morgan fingerprint density at radius 2 is 1.94 bits per heavy atom. The maximum absolute atomic E-state index is 11.8. The summed E-state index contributed by atoms with van der Waals surface area (Å²) in [6.45, 7) is 11.3. The molecule has 4 aromatic rings. The molecule has 172 valence electrons. The number of aryl methyl sites for hydroxylation is 1. The van der Waals surface area contributed by atoms with Crippen LogP contribution in [0.5, 0.6) is 0 Å². The Labute approximate surface area is 195 Å². The molecule has 1 fully saturated rings. The second-order valence-electron chi connectivity index (χ2n) is 9.87. The largest absolute Gasteiger partial charge is 0.354 e. The number of piperidine rings is 1. The first-order valence-corrected chi connectivity index (χ1v) is 12.3. The van der Waals surface area contributed by atoms with Crippen LogP contribution in [0.25, 0.3) is 27.7 Å². The number of hydrogen-bond acceptors (Lipinski definition) is 3. The summed E-state index contributed by atoms with van der Waals surface area (Å²) in [5, 5.41) is 5.77. The van der Waals surface area contributed by atoms with Crippen LogP contribution in [0.15, 0.2) is 42.6 Å². The van der Waals surface area contributed by atoms with Crippen LogP contribution in [0, 0.1) is 6.92 Å². The van der Waals surface area contributed by atoms with Crippen LogP contribution in [0.2, 0.25) is 0 Å². The van der Waals surface area contributed by atoms with Crippen molar-refractivity contribution in [3.8, 4) is 11.3 Å². The van der Waals surface area contributed by atoms with Crippen LogP contribution >= 0.6 is 0 Å². The van der Waals surface area contributed by atoms with Crippen molar-refractivity contribution in [1.82, 2.24) is 19.5 Å².